The molecule has 3 aromatic carbocycles. The van der Waals surface area contributed by atoms with E-state index in [1.807, 2.05) is 0 Å². The Hall–Kier alpha value is -1.58. The zero-order valence-electron chi connectivity index (χ0n) is 19.4. The number of thioether (sulfide) groups is 2. The Morgan fingerprint density at radius 3 is 1.94 bits per heavy atom. The summed E-state index contributed by atoms with van der Waals surface area (Å²) in [6, 6.07) is 15.6. The number of phenolic OH excluding ortho intramolecular Hbond substituents is 1. The highest BCUT2D eigenvalue weighted by Gasteiger charge is 2.53. The van der Waals surface area contributed by atoms with E-state index in [-0.39, 0.29) is 16.2 Å². The molecule has 1 nitrogen and oxygen atoms in total. The van der Waals surface area contributed by atoms with Crippen molar-refractivity contribution in [3.63, 3.8) is 0 Å². The highest BCUT2D eigenvalue weighted by Crippen LogP contribution is 2.64. The highest BCUT2D eigenvalue weighted by atomic mass is 32.2. The van der Waals surface area contributed by atoms with E-state index in [1.54, 1.807) is 23.5 Å². The number of fused-ring (bicyclic) bond motifs is 7. The molecule has 1 N–H and O–H groups in total. The van der Waals surface area contributed by atoms with Crippen molar-refractivity contribution in [2.24, 2.45) is 10.8 Å². The predicted molar refractivity (Wildman–Crippen MR) is 137 cm³/mol. The molecule has 0 atom stereocenters. The van der Waals surface area contributed by atoms with Crippen LogP contribution in [0.5, 0.6) is 5.75 Å². The summed E-state index contributed by atoms with van der Waals surface area (Å²) in [4.78, 5) is 2.52. The molecule has 0 heterocycles. The molecule has 0 aromatic heterocycles. The van der Waals surface area contributed by atoms with Crippen LogP contribution in [0.4, 0.5) is 0 Å². The molecule has 0 bridgehead atoms. The van der Waals surface area contributed by atoms with E-state index >= 15 is 0 Å². The van der Waals surface area contributed by atoms with Crippen molar-refractivity contribution in [2.45, 2.75) is 62.2 Å². The first-order chi connectivity index (χ1) is 14.6. The van der Waals surface area contributed by atoms with Crippen molar-refractivity contribution in [3.05, 3.63) is 53.6 Å². The van der Waals surface area contributed by atoms with Crippen molar-refractivity contribution < 1.29 is 5.11 Å². The van der Waals surface area contributed by atoms with Gasteiger partial charge >= 0.3 is 0 Å². The monoisotopic (exact) mass is 448 g/mol. The van der Waals surface area contributed by atoms with Crippen molar-refractivity contribution in [2.75, 3.05) is 12.5 Å². The number of rotatable bonds is 2. The molecule has 5 rings (SSSR count). The molecule has 2 aliphatic carbocycles. The van der Waals surface area contributed by atoms with Crippen LogP contribution in [-0.4, -0.2) is 17.6 Å². The molecule has 1 fully saturated rings. The van der Waals surface area contributed by atoms with Crippen LogP contribution in [0.15, 0.2) is 52.3 Å². The number of phenols is 1. The largest absolute Gasteiger partial charge is 0.507 e. The molecular weight excluding hydrogens is 416 g/mol. The second kappa shape index (κ2) is 6.96. The summed E-state index contributed by atoms with van der Waals surface area (Å²) in [5.74, 6) is 0.421. The topological polar surface area (TPSA) is 20.2 Å². The molecule has 0 saturated heterocycles. The first kappa shape index (κ1) is 21.3. The van der Waals surface area contributed by atoms with Crippen LogP contribution in [0.25, 0.3) is 21.9 Å². The maximum absolute atomic E-state index is 11.3. The minimum absolute atomic E-state index is 0.0411. The van der Waals surface area contributed by atoms with E-state index < -0.39 is 0 Å². The number of hydrogen-bond donors (Lipinski definition) is 1. The van der Waals surface area contributed by atoms with Gasteiger partial charge in [-0.1, -0.05) is 52.0 Å². The standard InChI is InChI=1S/C28H32OS2/c1-26(2)14-27(3,4)16-28(15-26)20-10-8-7-9-17(20)25-19-12-24(31-6)23(30-5)11-18(19)22(29)13-21(25)28/h7-13,29H,14-16H2,1-6H3. The number of hydrogen-bond acceptors (Lipinski definition) is 3. The summed E-state index contributed by atoms with van der Waals surface area (Å²) >= 11 is 3.54. The minimum Gasteiger partial charge on any atom is -0.507 e. The fourth-order valence-electron chi connectivity index (χ4n) is 7.16. The highest BCUT2D eigenvalue weighted by molar-refractivity contribution is 8.01. The fourth-order valence-corrected chi connectivity index (χ4v) is 8.65. The Labute approximate surface area is 195 Å². The van der Waals surface area contributed by atoms with Crippen molar-refractivity contribution in [3.8, 4) is 16.9 Å². The van der Waals surface area contributed by atoms with Gasteiger partial charge < -0.3 is 5.11 Å². The lowest BCUT2D eigenvalue weighted by Gasteiger charge is -2.51. The van der Waals surface area contributed by atoms with Crippen LogP contribution < -0.4 is 0 Å². The van der Waals surface area contributed by atoms with Crippen molar-refractivity contribution in [1.82, 2.24) is 0 Å². The van der Waals surface area contributed by atoms with Gasteiger partial charge in [-0.15, -0.1) is 23.5 Å². The Morgan fingerprint density at radius 1 is 0.742 bits per heavy atom. The molecule has 0 aliphatic heterocycles. The zero-order valence-corrected chi connectivity index (χ0v) is 21.1. The van der Waals surface area contributed by atoms with E-state index in [4.69, 9.17) is 0 Å². The lowest BCUT2D eigenvalue weighted by Crippen LogP contribution is -2.43. The molecule has 3 aromatic rings. The summed E-state index contributed by atoms with van der Waals surface area (Å²) in [6.07, 6.45) is 7.73. The van der Waals surface area contributed by atoms with Gasteiger partial charge in [-0.25, -0.2) is 0 Å². The summed E-state index contributed by atoms with van der Waals surface area (Å²) in [6.45, 7) is 9.70. The number of benzene rings is 3. The Balaban J connectivity index is 1.90. The van der Waals surface area contributed by atoms with Crippen LogP contribution in [0.2, 0.25) is 0 Å². The molecule has 3 heteroatoms. The number of aromatic hydroxyl groups is 1. The van der Waals surface area contributed by atoms with Crippen molar-refractivity contribution in [1.29, 1.82) is 0 Å². The smallest absolute Gasteiger partial charge is 0.123 e. The SMILES string of the molecule is CSc1cc2c(O)cc3c(c2cc1SC)-c1ccccc1C31CC(C)(C)CC(C)(C)C1. The first-order valence-corrected chi connectivity index (χ1v) is 13.6. The van der Waals surface area contributed by atoms with Gasteiger partial charge in [0.15, 0.2) is 0 Å². The minimum atomic E-state index is -0.0411. The molecule has 0 unspecified atom stereocenters. The van der Waals surface area contributed by atoms with Crippen LogP contribution >= 0.6 is 23.5 Å². The zero-order chi connectivity index (χ0) is 22.2. The summed E-state index contributed by atoms with van der Waals surface area (Å²) in [5, 5.41) is 13.4. The first-order valence-electron chi connectivity index (χ1n) is 11.1. The van der Waals surface area contributed by atoms with Gasteiger partial charge in [0.05, 0.1) is 0 Å². The third kappa shape index (κ3) is 3.15. The summed E-state index contributed by atoms with van der Waals surface area (Å²) in [7, 11) is 0. The predicted octanol–water partition coefficient (Wildman–Crippen LogP) is 8.49. The molecule has 162 valence electrons. The van der Waals surface area contributed by atoms with Gasteiger partial charge in [-0.05, 0) is 88.4 Å². The van der Waals surface area contributed by atoms with Gasteiger partial charge in [0, 0.05) is 20.6 Å². The molecule has 31 heavy (non-hydrogen) atoms. The fraction of sp³-hybridized carbons (Fsp3) is 0.429. The lowest BCUT2D eigenvalue weighted by molar-refractivity contribution is 0.0645. The van der Waals surface area contributed by atoms with Gasteiger partial charge in [0.25, 0.3) is 0 Å². The van der Waals surface area contributed by atoms with Crippen LogP contribution in [0.1, 0.15) is 58.1 Å². The molecular formula is C28H32OS2. The lowest BCUT2D eigenvalue weighted by atomic mass is 9.52. The van der Waals surface area contributed by atoms with E-state index in [9.17, 15) is 5.11 Å². The molecule has 2 aliphatic rings. The maximum atomic E-state index is 11.3. The Kier molecular flexibility index (Phi) is 4.77. The average Bonchev–Trinajstić information content (AvgIpc) is 2.94. The van der Waals surface area contributed by atoms with Gasteiger partial charge in [-0.3, -0.25) is 0 Å². The quantitative estimate of drug-likeness (QED) is 0.397. The van der Waals surface area contributed by atoms with E-state index in [2.05, 4.69) is 82.7 Å². The van der Waals surface area contributed by atoms with Gasteiger partial charge in [-0.2, -0.15) is 0 Å². The van der Waals surface area contributed by atoms with E-state index in [0.29, 0.717) is 5.75 Å². The van der Waals surface area contributed by atoms with Crippen LogP contribution in [0.3, 0.4) is 0 Å². The second-order valence-corrected chi connectivity index (χ2v) is 12.8. The van der Waals surface area contributed by atoms with E-state index in [0.717, 1.165) is 18.2 Å². The van der Waals surface area contributed by atoms with Crippen LogP contribution in [-0.2, 0) is 5.41 Å². The third-order valence-corrected chi connectivity index (χ3v) is 9.05. The third-order valence-electron chi connectivity index (χ3n) is 7.36. The van der Waals surface area contributed by atoms with Gasteiger partial charge in [0.2, 0.25) is 0 Å². The Morgan fingerprint density at radius 2 is 1.32 bits per heavy atom. The second-order valence-electron chi connectivity index (χ2n) is 11.1. The average molecular weight is 449 g/mol. The van der Waals surface area contributed by atoms with E-state index in [1.165, 1.54) is 43.9 Å². The van der Waals surface area contributed by atoms with Gasteiger partial charge in [0.1, 0.15) is 5.75 Å². The normalized spacial score (nSPS) is 20.1. The molecule has 1 spiro atoms. The van der Waals surface area contributed by atoms with Crippen LogP contribution in [0, 0.1) is 10.8 Å². The maximum Gasteiger partial charge on any atom is 0.123 e. The summed E-state index contributed by atoms with van der Waals surface area (Å²) in [5.41, 5.74) is 5.95. The molecule has 0 radical (unpaired) electrons. The molecule has 0 amide bonds. The summed E-state index contributed by atoms with van der Waals surface area (Å²) < 4.78 is 0. The molecule has 1 saturated carbocycles. The van der Waals surface area contributed by atoms with Crippen molar-refractivity contribution >= 4 is 34.3 Å². The Bertz CT molecular complexity index is 1190.